The minimum atomic E-state index is -0.702. The van der Waals surface area contributed by atoms with Crippen LogP contribution in [0.5, 0.6) is 5.75 Å². The quantitative estimate of drug-likeness (QED) is 0.468. The lowest BCUT2D eigenvalue weighted by Crippen LogP contribution is -2.35. The van der Waals surface area contributed by atoms with Crippen LogP contribution >= 0.6 is 11.8 Å². The van der Waals surface area contributed by atoms with Crippen molar-refractivity contribution in [2.24, 2.45) is 4.99 Å². The molecular weight excluding hydrogens is 472 g/mol. The molecule has 35 heavy (non-hydrogen) atoms. The second kappa shape index (κ2) is 11.1. The fourth-order valence-electron chi connectivity index (χ4n) is 3.52. The number of amides is 2. The number of para-hydroxylation sites is 1. The first-order chi connectivity index (χ1) is 16.9. The van der Waals surface area contributed by atoms with Crippen LogP contribution in [-0.4, -0.2) is 40.8 Å². The number of rotatable bonds is 8. The average molecular weight is 496 g/mol. The molecular formula is C26H23F2N3O3S. The van der Waals surface area contributed by atoms with E-state index < -0.39 is 11.1 Å². The number of carbonyl (C=O) groups is 2. The van der Waals surface area contributed by atoms with E-state index in [2.05, 4.69) is 10.3 Å². The van der Waals surface area contributed by atoms with E-state index in [1.165, 1.54) is 29.2 Å². The van der Waals surface area contributed by atoms with Gasteiger partial charge in [-0.15, -0.1) is 0 Å². The Bertz CT molecular complexity index is 1230. The first kappa shape index (κ1) is 24.4. The minimum absolute atomic E-state index is 0.0706. The first-order valence-electron chi connectivity index (χ1n) is 10.9. The normalized spacial score (nSPS) is 16.5. The lowest BCUT2D eigenvalue weighted by molar-refractivity contribution is -0.128. The highest BCUT2D eigenvalue weighted by atomic mass is 32.2. The summed E-state index contributed by atoms with van der Waals surface area (Å²) in [7, 11) is 1.55. The third-order valence-corrected chi connectivity index (χ3v) is 6.55. The summed E-state index contributed by atoms with van der Waals surface area (Å²) in [5, 5.41) is 2.40. The van der Waals surface area contributed by atoms with E-state index in [0.29, 0.717) is 23.0 Å². The molecule has 0 spiro atoms. The van der Waals surface area contributed by atoms with Crippen LogP contribution in [0, 0.1) is 11.6 Å². The molecule has 1 N–H and O–H groups in total. The maximum absolute atomic E-state index is 14.2. The van der Waals surface area contributed by atoms with Gasteiger partial charge in [-0.25, -0.2) is 13.8 Å². The Balaban J connectivity index is 1.49. The van der Waals surface area contributed by atoms with Crippen LogP contribution in [0.2, 0.25) is 0 Å². The molecule has 6 nitrogen and oxygen atoms in total. The number of anilines is 1. The van der Waals surface area contributed by atoms with Crippen LogP contribution in [0.1, 0.15) is 12.0 Å². The molecule has 0 saturated carbocycles. The largest absolute Gasteiger partial charge is 0.497 e. The maximum atomic E-state index is 14.2. The second-order valence-electron chi connectivity index (χ2n) is 7.80. The Morgan fingerprint density at radius 2 is 1.77 bits per heavy atom. The Kier molecular flexibility index (Phi) is 7.77. The van der Waals surface area contributed by atoms with Gasteiger partial charge in [0.1, 0.15) is 28.3 Å². The zero-order chi connectivity index (χ0) is 24.8. The third kappa shape index (κ3) is 6.24. The van der Waals surface area contributed by atoms with E-state index >= 15 is 0 Å². The molecule has 1 aliphatic rings. The molecule has 0 aromatic heterocycles. The van der Waals surface area contributed by atoms with Crippen molar-refractivity contribution in [1.82, 2.24) is 4.90 Å². The van der Waals surface area contributed by atoms with Gasteiger partial charge >= 0.3 is 0 Å². The van der Waals surface area contributed by atoms with Crippen molar-refractivity contribution in [3.63, 3.8) is 0 Å². The van der Waals surface area contributed by atoms with Crippen LogP contribution in [0.15, 0.2) is 77.8 Å². The highest BCUT2D eigenvalue weighted by Crippen LogP contribution is 2.33. The van der Waals surface area contributed by atoms with Gasteiger partial charge in [0.05, 0.1) is 7.11 Å². The van der Waals surface area contributed by atoms with Gasteiger partial charge < -0.3 is 10.1 Å². The number of ether oxygens (including phenoxy) is 1. The van der Waals surface area contributed by atoms with Crippen LogP contribution in [0.25, 0.3) is 0 Å². The number of carbonyl (C=O) groups excluding carboxylic acids is 2. The summed E-state index contributed by atoms with van der Waals surface area (Å²) in [5.74, 6) is -0.794. The number of nitrogens with zero attached hydrogens (tertiary/aromatic N) is 2. The Labute approximate surface area is 206 Å². The molecule has 0 radical (unpaired) electrons. The molecule has 0 bridgehead atoms. The van der Waals surface area contributed by atoms with Crippen molar-refractivity contribution in [3.05, 3.63) is 90.0 Å². The second-order valence-corrected chi connectivity index (χ2v) is 8.97. The van der Waals surface area contributed by atoms with Crippen molar-refractivity contribution in [1.29, 1.82) is 0 Å². The van der Waals surface area contributed by atoms with Crippen molar-refractivity contribution < 1.29 is 23.1 Å². The zero-order valence-corrected chi connectivity index (χ0v) is 19.7. The van der Waals surface area contributed by atoms with Crippen LogP contribution in [0.3, 0.4) is 0 Å². The van der Waals surface area contributed by atoms with Gasteiger partial charge in [0.15, 0.2) is 5.17 Å². The molecule has 3 aromatic carbocycles. The summed E-state index contributed by atoms with van der Waals surface area (Å²) in [5.41, 5.74) is 1.53. The van der Waals surface area contributed by atoms with Crippen LogP contribution in [-0.2, 0) is 16.0 Å². The molecule has 1 atom stereocenters. The van der Waals surface area contributed by atoms with Gasteiger partial charge in [0.2, 0.25) is 11.8 Å². The summed E-state index contributed by atoms with van der Waals surface area (Å²) < 4.78 is 32.6. The van der Waals surface area contributed by atoms with Crippen molar-refractivity contribution in [2.75, 3.05) is 19.0 Å². The Morgan fingerprint density at radius 3 is 2.46 bits per heavy atom. The third-order valence-electron chi connectivity index (χ3n) is 5.37. The molecule has 1 heterocycles. The molecule has 1 saturated heterocycles. The molecule has 9 heteroatoms. The van der Waals surface area contributed by atoms with Crippen molar-refractivity contribution in [2.45, 2.75) is 18.1 Å². The Hall–Kier alpha value is -3.72. The summed E-state index contributed by atoms with van der Waals surface area (Å²) in [6.07, 6.45) is 0.381. The number of hydrogen-bond acceptors (Lipinski definition) is 5. The standard InChI is InChI=1S/C26H23F2N3O3S/c1-34-20-12-10-19(11-13-20)29-24(32)16-23-25(33)31(15-14-17-6-8-18(27)9-7-17)26(35-23)30-22-5-3-2-4-21(22)28/h2-13,23H,14-16H2,1H3,(H,29,32). The van der Waals surface area contributed by atoms with Gasteiger partial charge in [-0.3, -0.25) is 14.5 Å². The topological polar surface area (TPSA) is 71.0 Å². The molecule has 0 aliphatic carbocycles. The number of hydrogen-bond donors (Lipinski definition) is 1. The van der Waals surface area contributed by atoms with Gasteiger partial charge in [0, 0.05) is 18.7 Å². The first-order valence-corrected chi connectivity index (χ1v) is 11.8. The molecule has 3 aromatic rings. The van der Waals surface area contributed by atoms with E-state index in [1.807, 2.05) is 0 Å². The fraction of sp³-hybridized carbons (Fsp3) is 0.192. The smallest absolute Gasteiger partial charge is 0.242 e. The SMILES string of the molecule is COc1ccc(NC(=O)CC2SC(=Nc3ccccc3F)N(CCc3ccc(F)cc3)C2=O)cc1. The molecule has 180 valence electrons. The van der Waals surface area contributed by atoms with Gasteiger partial charge in [-0.05, 0) is 60.5 Å². The van der Waals surface area contributed by atoms with Gasteiger partial charge in [-0.2, -0.15) is 0 Å². The van der Waals surface area contributed by atoms with E-state index in [9.17, 15) is 18.4 Å². The lowest BCUT2D eigenvalue weighted by Gasteiger charge is -2.16. The van der Waals surface area contributed by atoms with Crippen LogP contribution < -0.4 is 10.1 Å². The van der Waals surface area contributed by atoms with Crippen molar-refractivity contribution >= 4 is 40.1 Å². The highest BCUT2D eigenvalue weighted by Gasteiger charge is 2.39. The number of aliphatic imine (C=N–C) groups is 1. The lowest BCUT2D eigenvalue weighted by atomic mass is 10.1. The number of nitrogens with one attached hydrogen (secondary N) is 1. The molecule has 1 fully saturated rings. The summed E-state index contributed by atoms with van der Waals surface area (Å²) >= 11 is 1.13. The predicted molar refractivity (Wildman–Crippen MR) is 133 cm³/mol. The molecule has 4 rings (SSSR count). The van der Waals surface area contributed by atoms with E-state index in [0.717, 1.165) is 17.3 Å². The summed E-state index contributed by atoms with van der Waals surface area (Å²) in [6, 6.07) is 18.9. The monoisotopic (exact) mass is 495 g/mol. The number of amidine groups is 1. The van der Waals surface area contributed by atoms with E-state index in [-0.39, 0.29) is 36.3 Å². The van der Waals surface area contributed by atoms with E-state index in [1.54, 1.807) is 55.6 Å². The van der Waals surface area contributed by atoms with Gasteiger partial charge in [-0.1, -0.05) is 36.0 Å². The maximum Gasteiger partial charge on any atom is 0.242 e. The number of benzene rings is 3. The molecule has 1 unspecified atom stereocenters. The highest BCUT2D eigenvalue weighted by molar-refractivity contribution is 8.15. The van der Waals surface area contributed by atoms with E-state index in [4.69, 9.17) is 4.74 Å². The van der Waals surface area contributed by atoms with Crippen molar-refractivity contribution in [3.8, 4) is 5.75 Å². The average Bonchev–Trinajstić information content (AvgIpc) is 3.14. The number of halogens is 2. The molecule has 1 aliphatic heterocycles. The summed E-state index contributed by atoms with van der Waals surface area (Å²) in [6.45, 7) is 0.265. The van der Waals surface area contributed by atoms with Gasteiger partial charge in [0.25, 0.3) is 0 Å². The Morgan fingerprint density at radius 1 is 1.06 bits per heavy atom. The zero-order valence-electron chi connectivity index (χ0n) is 18.9. The van der Waals surface area contributed by atoms with Crippen LogP contribution in [0.4, 0.5) is 20.2 Å². The fourth-order valence-corrected chi connectivity index (χ4v) is 4.70. The predicted octanol–water partition coefficient (Wildman–Crippen LogP) is 5.18. The summed E-state index contributed by atoms with van der Waals surface area (Å²) in [4.78, 5) is 31.7. The molecule has 2 amide bonds. The number of thioether (sulfide) groups is 1. The number of methoxy groups -OCH3 is 1. The minimum Gasteiger partial charge on any atom is -0.497 e.